The topological polar surface area (TPSA) is 82.1 Å². The summed E-state index contributed by atoms with van der Waals surface area (Å²) >= 11 is 12.7. The first-order chi connectivity index (χ1) is 9.88. The Morgan fingerprint density at radius 1 is 1.48 bits per heavy atom. The highest BCUT2D eigenvalue weighted by molar-refractivity contribution is 8.00. The monoisotopic (exact) mass is 347 g/mol. The number of rotatable bonds is 4. The van der Waals surface area contributed by atoms with Crippen molar-refractivity contribution in [3.05, 3.63) is 28.2 Å². The predicted octanol–water partition coefficient (Wildman–Crippen LogP) is 2.00. The predicted molar refractivity (Wildman–Crippen MR) is 77.5 cm³/mol. The van der Waals surface area contributed by atoms with Crippen molar-refractivity contribution in [2.75, 3.05) is 5.32 Å². The molecule has 0 fully saturated rings. The van der Waals surface area contributed by atoms with Gasteiger partial charge in [-0.2, -0.15) is 0 Å². The average Bonchev–Trinajstić information content (AvgIpc) is 2.74. The van der Waals surface area contributed by atoms with Crippen LogP contribution in [-0.2, 0) is 11.8 Å². The normalized spacial score (nSPS) is 12.2. The van der Waals surface area contributed by atoms with Crippen molar-refractivity contribution in [3.8, 4) is 5.95 Å². The molecular formula is C12H11Cl2N3O3S. The van der Waals surface area contributed by atoms with Crippen LogP contribution in [0.3, 0.4) is 0 Å². The summed E-state index contributed by atoms with van der Waals surface area (Å²) in [5, 5.41) is 18.1. The van der Waals surface area contributed by atoms with Gasteiger partial charge in [0.05, 0.1) is 20.6 Å². The number of nitrogens with zero attached hydrogens (tertiary/aromatic N) is 2. The maximum Gasteiger partial charge on any atom is 0.291 e. The summed E-state index contributed by atoms with van der Waals surface area (Å²) in [6, 6.07) is 4.78. The van der Waals surface area contributed by atoms with E-state index in [0.29, 0.717) is 15.7 Å². The molecule has 1 unspecified atom stereocenters. The van der Waals surface area contributed by atoms with Crippen molar-refractivity contribution in [2.24, 2.45) is 7.05 Å². The van der Waals surface area contributed by atoms with Gasteiger partial charge in [0.2, 0.25) is 5.91 Å². The third kappa shape index (κ3) is 3.81. The third-order valence-electron chi connectivity index (χ3n) is 2.56. The molecule has 0 saturated heterocycles. The average molecular weight is 348 g/mol. The molecule has 2 aromatic rings. The number of aromatic nitrogens is 2. The van der Waals surface area contributed by atoms with Crippen LogP contribution in [0.2, 0.25) is 10.0 Å². The van der Waals surface area contributed by atoms with Crippen molar-refractivity contribution in [1.29, 1.82) is 0 Å². The molecule has 0 aliphatic heterocycles. The summed E-state index contributed by atoms with van der Waals surface area (Å²) in [6.07, 6.45) is 0. The van der Waals surface area contributed by atoms with Gasteiger partial charge in [0.1, 0.15) is 0 Å². The van der Waals surface area contributed by atoms with E-state index >= 15 is 0 Å². The Hall–Kier alpha value is -1.44. The number of benzene rings is 1. The molecule has 1 aromatic heterocycles. The lowest BCUT2D eigenvalue weighted by molar-refractivity contribution is -0.772. The number of nitrogens with one attached hydrogen (secondary N) is 1. The highest BCUT2D eigenvalue weighted by Gasteiger charge is 2.23. The van der Waals surface area contributed by atoms with Gasteiger partial charge in [0, 0.05) is 5.69 Å². The van der Waals surface area contributed by atoms with E-state index in [1.54, 1.807) is 32.2 Å². The number of halogens is 2. The molecule has 0 aliphatic carbocycles. The Balaban J connectivity index is 2.04. The van der Waals surface area contributed by atoms with Crippen molar-refractivity contribution in [2.45, 2.75) is 17.2 Å². The third-order valence-corrected chi connectivity index (χ3v) is 4.52. The first-order valence-corrected chi connectivity index (χ1v) is 7.47. The molecule has 0 bridgehead atoms. The van der Waals surface area contributed by atoms with Gasteiger partial charge in [0.25, 0.3) is 5.03 Å². The summed E-state index contributed by atoms with van der Waals surface area (Å²) in [5.41, 5.74) is 0.527. The maximum absolute atomic E-state index is 12.1. The van der Waals surface area contributed by atoms with E-state index in [2.05, 4.69) is 15.1 Å². The van der Waals surface area contributed by atoms with Crippen LogP contribution in [0, 0.1) is 0 Å². The molecule has 0 radical (unpaired) electrons. The molecule has 0 spiro atoms. The molecule has 0 aliphatic rings. The van der Waals surface area contributed by atoms with E-state index in [1.165, 1.54) is 4.68 Å². The van der Waals surface area contributed by atoms with E-state index < -0.39 is 11.2 Å². The number of thioether (sulfide) groups is 1. The number of hydrogen-bond donors (Lipinski definition) is 1. The van der Waals surface area contributed by atoms with Crippen LogP contribution >= 0.6 is 35.0 Å². The zero-order valence-corrected chi connectivity index (χ0v) is 13.4. The van der Waals surface area contributed by atoms with Gasteiger partial charge in [-0.05, 0) is 36.9 Å². The molecule has 9 heteroatoms. The minimum absolute atomic E-state index is 0.256. The van der Waals surface area contributed by atoms with E-state index in [9.17, 15) is 9.90 Å². The molecular weight excluding hydrogens is 337 g/mol. The molecule has 1 heterocycles. The van der Waals surface area contributed by atoms with Crippen LogP contribution in [-0.4, -0.2) is 16.4 Å². The quantitative estimate of drug-likeness (QED) is 0.675. The van der Waals surface area contributed by atoms with Crippen molar-refractivity contribution in [1.82, 2.24) is 5.27 Å². The zero-order chi connectivity index (χ0) is 15.6. The fraction of sp³-hybridized carbons (Fsp3) is 0.250. The fourth-order valence-electron chi connectivity index (χ4n) is 1.47. The molecule has 2 rings (SSSR count). The van der Waals surface area contributed by atoms with Crippen molar-refractivity contribution < 1.29 is 19.1 Å². The second-order valence-corrected chi connectivity index (χ2v) is 6.31. The Morgan fingerprint density at radius 3 is 2.76 bits per heavy atom. The molecule has 21 heavy (non-hydrogen) atoms. The van der Waals surface area contributed by atoms with Crippen LogP contribution in [0.15, 0.2) is 27.7 Å². The lowest BCUT2D eigenvalue weighted by atomic mass is 10.3. The van der Waals surface area contributed by atoms with E-state index in [0.717, 1.165) is 11.8 Å². The van der Waals surface area contributed by atoms with Crippen LogP contribution in [0.4, 0.5) is 5.69 Å². The largest absolute Gasteiger partial charge is 0.538 e. The van der Waals surface area contributed by atoms with E-state index in [4.69, 9.17) is 23.2 Å². The summed E-state index contributed by atoms with van der Waals surface area (Å²) in [5.74, 6) is -0.851. The number of carbonyl (C=O) groups is 1. The maximum atomic E-state index is 12.1. The first kappa shape index (κ1) is 15.9. The van der Waals surface area contributed by atoms with E-state index in [1.807, 2.05) is 0 Å². The molecule has 112 valence electrons. The summed E-state index contributed by atoms with van der Waals surface area (Å²) in [6.45, 7) is 1.67. The number of hydrogen-bond acceptors (Lipinski definition) is 5. The van der Waals surface area contributed by atoms with Gasteiger partial charge in [-0.15, -0.1) is 0 Å². The van der Waals surface area contributed by atoms with Crippen molar-refractivity contribution >= 4 is 46.6 Å². The smallest absolute Gasteiger partial charge is 0.291 e. The van der Waals surface area contributed by atoms with Gasteiger partial charge in [-0.1, -0.05) is 27.9 Å². The summed E-state index contributed by atoms with van der Waals surface area (Å²) in [7, 11) is 1.57. The fourth-order valence-corrected chi connectivity index (χ4v) is 2.59. The van der Waals surface area contributed by atoms with Crippen molar-refractivity contribution in [3.63, 3.8) is 0 Å². The second-order valence-electron chi connectivity index (χ2n) is 4.17. The molecule has 0 saturated carbocycles. The highest BCUT2D eigenvalue weighted by Crippen LogP contribution is 2.28. The molecule has 1 atom stereocenters. The number of carbonyl (C=O) groups excluding carboxylic acids is 1. The lowest BCUT2D eigenvalue weighted by Crippen LogP contribution is -2.33. The lowest BCUT2D eigenvalue weighted by Gasteiger charge is -2.10. The number of anilines is 1. The van der Waals surface area contributed by atoms with Gasteiger partial charge >= 0.3 is 0 Å². The number of aryl methyl sites for hydroxylation is 1. The minimum atomic E-state index is -0.573. The Bertz CT molecular complexity index is 658. The van der Waals surface area contributed by atoms with Crippen LogP contribution in [0.5, 0.6) is 5.95 Å². The Morgan fingerprint density at radius 2 is 2.19 bits per heavy atom. The van der Waals surface area contributed by atoms with Gasteiger partial charge in [-0.25, -0.2) is 0 Å². The minimum Gasteiger partial charge on any atom is -0.538 e. The molecule has 6 nitrogen and oxygen atoms in total. The standard InChI is InChI=1S/C12H11Cl2N3O3S/c1-6(21-11-12(19)20-16-17(11)2)10(18)15-7-3-4-8(13)9(14)5-7/h3-6H,1-2H3,(H-,15,16,18,19). The Labute approximate surface area is 135 Å². The number of amides is 1. The molecule has 1 amide bonds. The molecule has 1 aromatic carbocycles. The Kier molecular flexibility index (Phi) is 4.97. The van der Waals surface area contributed by atoms with Crippen LogP contribution < -0.4 is 15.1 Å². The zero-order valence-electron chi connectivity index (χ0n) is 11.1. The van der Waals surface area contributed by atoms with Crippen LogP contribution in [0.1, 0.15) is 6.92 Å². The second kappa shape index (κ2) is 6.55. The first-order valence-electron chi connectivity index (χ1n) is 5.84. The highest BCUT2D eigenvalue weighted by atomic mass is 35.5. The van der Waals surface area contributed by atoms with Gasteiger partial charge in [-0.3, -0.25) is 4.79 Å². The van der Waals surface area contributed by atoms with E-state index in [-0.39, 0.29) is 10.9 Å². The molecule has 1 N–H and O–H groups in total. The SMILES string of the molecule is CC(Sc1c([O-])on[n+]1C)C(=O)Nc1ccc(Cl)c(Cl)c1. The summed E-state index contributed by atoms with van der Waals surface area (Å²) < 4.78 is 5.78. The van der Waals surface area contributed by atoms with Gasteiger partial charge in [0.15, 0.2) is 13.0 Å². The van der Waals surface area contributed by atoms with Crippen LogP contribution in [0.25, 0.3) is 0 Å². The summed E-state index contributed by atoms with van der Waals surface area (Å²) in [4.78, 5) is 12.1. The van der Waals surface area contributed by atoms with Gasteiger partial charge < -0.3 is 14.9 Å².